The molecule has 7 heteroatoms. The number of nitrogens with two attached hydrogens (primary N) is 1. The maximum absolute atomic E-state index is 12.0. The number of hydrogen-bond donors (Lipinski definition) is 1. The van der Waals surface area contributed by atoms with Gasteiger partial charge in [0.15, 0.2) is 5.78 Å². The monoisotopic (exact) mass is 321 g/mol. The SMILES string of the molecule is Nc1ccc(Cl)c(C(=O)CCCCCC(=O)C(F)(F)F)c1. The smallest absolute Gasteiger partial charge is 0.399 e. The Kier molecular flexibility index (Phi) is 6.20. The van der Waals surface area contributed by atoms with Crippen LogP contribution in [0.2, 0.25) is 5.02 Å². The Morgan fingerprint density at radius 3 is 2.33 bits per heavy atom. The molecule has 0 unspecified atom stereocenters. The second-order valence-electron chi connectivity index (χ2n) is 4.64. The summed E-state index contributed by atoms with van der Waals surface area (Å²) >= 11 is 5.88. The van der Waals surface area contributed by atoms with Crippen LogP contribution in [0, 0.1) is 0 Å². The summed E-state index contributed by atoms with van der Waals surface area (Å²) in [6.07, 6.45) is -4.29. The number of anilines is 1. The minimum absolute atomic E-state index is 0.107. The predicted molar refractivity (Wildman–Crippen MR) is 74.3 cm³/mol. The van der Waals surface area contributed by atoms with Crippen molar-refractivity contribution in [2.24, 2.45) is 0 Å². The molecule has 0 aromatic heterocycles. The summed E-state index contributed by atoms with van der Waals surface area (Å²) in [6, 6.07) is 4.56. The third-order valence-electron chi connectivity index (χ3n) is 2.91. The highest BCUT2D eigenvalue weighted by Gasteiger charge is 2.37. The first kappa shape index (κ1) is 17.5. The molecule has 21 heavy (non-hydrogen) atoms. The molecule has 0 aliphatic heterocycles. The van der Waals surface area contributed by atoms with E-state index in [1.54, 1.807) is 6.07 Å². The zero-order valence-electron chi connectivity index (χ0n) is 11.2. The third kappa shape index (κ3) is 5.75. The number of Topliss-reactive ketones (excluding diaryl/α,β-unsaturated/α-hetero) is 2. The minimum atomic E-state index is -4.77. The topological polar surface area (TPSA) is 60.2 Å². The molecule has 0 radical (unpaired) electrons. The zero-order chi connectivity index (χ0) is 16.0. The third-order valence-corrected chi connectivity index (χ3v) is 3.24. The molecule has 3 nitrogen and oxygen atoms in total. The Morgan fingerprint density at radius 1 is 1.10 bits per heavy atom. The van der Waals surface area contributed by atoms with Gasteiger partial charge in [0.1, 0.15) is 0 Å². The first-order chi connectivity index (χ1) is 9.71. The molecule has 1 rings (SSSR count). The van der Waals surface area contributed by atoms with Crippen molar-refractivity contribution in [2.45, 2.75) is 38.3 Å². The molecule has 0 bridgehead atoms. The van der Waals surface area contributed by atoms with Crippen LogP contribution >= 0.6 is 11.6 Å². The van der Waals surface area contributed by atoms with E-state index in [-0.39, 0.29) is 18.6 Å². The molecule has 0 heterocycles. The molecule has 116 valence electrons. The number of ketones is 2. The molecule has 0 amide bonds. The zero-order valence-corrected chi connectivity index (χ0v) is 11.9. The largest absolute Gasteiger partial charge is 0.449 e. The number of benzene rings is 1. The molecule has 0 aliphatic rings. The van der Waals surface area contributed by atoms with E-state index >= 15 is 0 Å². The van der Waals surface area contributed by atoms with E-state index in [0.717, 1.165) is 0 Å². The molecule has 1 aromatic carbocycles. The van der Waals surface area contributed by atoms with Crippen LogP contribution in [-0.4, -0.2) is 17.7 Å². The number of carbonyl (C=O) groups is 2. The number of carbonyl (C=O) groups excluding carboxylic acids is 2. The standard InChI is InChI=1S/C14H15ClF3NO2/c15-11-7-6-9(19)8-10(11)12(20)4-2-1-3-5-13(21)14(16,17)18/h6-8H,1-5,19H2. The first-order valence-electron chi connectivity index (χ1n) is 6.40. The van der Waals surface area contributed by atoms with Crippen molar-refractivity contribution in [1.29, 1.82) is 0 Å². The maximum atomic E-state index is 12.0. The van der Waals surface area contributed by atoms with Crippen molar-refractivity contribution < 1.29 is 22.8 Å². The Hall–Kier alpha value is -1.56. The van der Waals surface area contributed by atoms with Gasteiger partial charge in [0.05, 0.1) is 5.02 Å². The van der Waals surface area contributed by atoms with Gasteiger partial charge in [-0.2, -0.15) is 13.2 Å². The fourth-order valence-corrected chi connectivity index (χ4v) is 2.00. The summed E-state index contributed by atoms with van der Waals surface area (Å²) in [4.78, 5) is 22.5. The van der Waals surface area contributed by atoms with Crippen molar-refractivity contribution in [3.63, 3.8) is 0 Å². The molecule has 0 saturated carbocycles. The number of nitrogen functional groups attached to an aromatic ring is 1. The van der Waals surface area contributed by atoms with Gasteiger partial charge in [-0.3, -0.25) is 9.59 Å². The van der Waals surface area contributed by atoms with Crippen LogP contribution in [0.15, 0.2) is 18.2 Å². The van der Waals surface area contributed by atoms with Crippen molar-refractivity contribution >= 4 is 28.9 Å². The lowest BCUT2D eigenvalue weighted by Crippen LogP contribution is -2.22. The van der Waals surface area contributed by atoms with Crippen LogP contribution in [-0.2, 0) is 4.79 Å². The average Bonchev–Trinajstić information content (AvgIpc) is 2.39. The van der Waals surface area contributed by atoms with Crippen LogP contribution in [0.1, 0.15) is 42.5 Å². The summed E-state index contributed by atoms with van der Waals surface area (Å²) in [5, 5.41) is 0.293. The Bertz CT molecular complexity index is 529. The van der Waals surface area contributed by atoms with Gasteiger partial charge in [-0.25, -0.2) is 0 Å². The summed E-state index contributed by atoms with van der Waals surface area (Å²) < 4.78 is 35.9. The fraction of sp³-hybridized carbons (Fsp3) is 0.429. The van der Waals surface area contributed by atoms with E-state index in [0.29, 0.717) is 29.1 Å². The first-order valence-corrected chi connectivity index (χ1v) is 6.78. The highest BCUT2D eigenvalue weighted by Crippen LogP contribution is 2.22. The normalized spacial score (nSPS) is 11.4. The molecule has 0 atom stereocenters. The van der Waals surface area contributed by atoms with Gasteiger partial charge in [0.25, 0.3) is 0 Å². The number of halogens is 4. The number of alkyl halides is 3. The highest BCUT2D eigenvalue weighted by atomic mass is 35.5. The van der Waals surface area contributed by atoms with Gasteiger partial charge in [-0.15, -0.1) is 0 Å². The van der Waals surface area contributed by atoms with Crippen LogP contribution in [0.25, 0.3) is 0 Å². The second kappa shape index (κ2) is 7.45. The fourth-order valence-electron chi connectivity index (χ4n) is 1.78. The van der Waals surface area contributed by atoms with Gasteiger partial charge in [-0.05, 0) is 31.0 Å². The van der Waals surface area contributed by atoms with Crippen LogP contribution in [0.4, 0.5) is 18.9 Å². The summed E-state index contributed by atoms with van der Waals surface area (Å²) in [7, 11) is 0. The van der Waals surface area contributed by atoms with Gasteiger partial charge in [0, 0.05) is 24.1 Å². The van der Waals surface area contributed by atoms with E-state index in [2.05, 4.69) is 0 Å². The van der Waals surface area contributed by atoms with Crippen molar-refractivity contribution in [3.8, 4) is 0 Å². The van der Waals surface area contributed by atoms with Crippen molar-refractivity contribution in [3.05, 3.63) is 28.8 Å². The van der Waals surface area contributed by atoms with E-state index in [9.17, 15) is 22.8 Å². The van der Waals surface area contributed by atoms with Crippen molar-refractivity contribution in [2.75, 3.05) is 5.73 Å². The van der Waals surface area contributed by atoms with Crippen LogP contribution in [0.5, 0.6) is 0 Å². The lowest BCUT2D eigenvalue weighted by atomic mass is 10.0. The molecule has 2 N–H and O–H groups in total. The van der Waals surface area contributed by atoms with E-state index < -0.39 is 18.4 Å². The summed E-state index contributed by atoms with van der Waals surface area (Å²) in [6.45, 7) is 0. The molecule has 0 saturated heterocycles. The molecule has 1 aromatic rings. The highest BCUT2D eigenvalue weighted by molar-refractivity contribution is 6.34. The number of rotatable bonds is 7. The van der Waals surface area contributed by atoms with Gasteiger partial charge in [-0.1, -0.05) is 18.0 Å². The Labute approximate surface area is 125 Å². The Morgan fingerprint density at radius 2 is 1.71 bits per heavy atom. The molecule has 0 spiro atoms. The lowest BCUT2D eigenvalue weighted by molar-refractivity contribution is -0.171. The molecule has 0 fully saturated rings. The van der Waals surface area contributed by atoms with Gasteiger partial charge >= 0.3 is 6.18 Å². The van der Waals surface area contributed by atoms with Gasteiger partial charge in [0.2, 0.25) is 5.78 Å². The predicted octanol–water partition coefficient (Wildman–Crippen LogP) is 4.19. The average molecular weight is 322 g/mol. The van der Waals surface area contributed by atoms with E-state index in [4.69, 9.17) is 17.3 Å². The quantitative estimate of drug-likeness (QED) is 0.465. The van der Waals surface area contributed by atoms with Gasteiger partial charge < -0.3 is 5.73 Å². The molecular weight excluding hydrogens is 307 g/mol. The second-order valence-corrected chi connectivity index (χ2v) is 5.05. The lowest BCUT2D eigenvalue weighted by Gasteiger charge is -2.06. The van der Waals surface area contributed by atoms with Crippen LogP contribution < -0.4 is 5.73 Å². The summed E-state index contributed by atoms with van der Waals surface area (Å²) in [5.41, 5.74) is 6.28. The maximum Gasteiger partial charge on any atom is 0.449 e. The molecule has 0 aliphatic carbocycles. The van der Waals surface area contributed by atoms with Crippen LogP contribution in [0.3, 0.4) is 0 Å². The molecular formula is C14H15ClF3NO2. The Balaban J connectivity index is 2.35. The van der Waals surface area contributed by atoms with Crippen molar-refractivity contribution in [1.82, 2.24) is 0 Å². The number of unbranched alkanes of at least 4 members (excludes halogenated alkanes) is 2. The number of hydrogen-bond acceptors (Lipinski definition) is 3. The minimum Gasteiger partial charge on any atom is -0.399 e. The summed E-state index contributed by atoms with van der Waals surface area (Å²) in [5.74, 6) is -1.94. The van der Waals surface area contributed by atoms with E-state index in [1.165, 1.54) is 12.1 Å². The van der Waals surface area contributed by atoms with E-state index in [1.807, 2.05) is 0 Å².